The molecule has 0 bridgehead atoms. The van der Waals surface area contributed by atoms with E-state index in [0.29, 0.717) is 12.1 Å². The predicted octanol–water partition coefficient (Wildman–Crippen LogP) is 2.48. The summed E-state index contributed by atoms with van der Waals surface area (Å²) in [4.78, 5) is 5.33. The molecule has 3 fully saturated rings. The Balaban J connectivity index is 1.27. The van der Waals surface area contributed by atoms with Gasteiger partial charge < -0.3 is 4.74 Å². The molecule has 3 aliphatic rings. The number of piperazine rings is 1. The van der Waals surface area contributed by atoms with Gasteiger partial charge in [-0.1, -0.05) is 18.2 Å². The Kier molecular flexibility index (Phi) is 4.31. The van der Waals surface area contributed by atoms with Crippen LogP contribution in [0.15, 0.2) is 36.5 Å². The van der Waals surface area contributed by atoms with E-state index in [2.05, 4.69) is 47.2 Å². The molecule has 2 saturated heterocycles. The van der Waals surface area contributed by atoms with Crippen LogP contribution in [-0.4, -0.2) is 64.5 Å². The topological polar surface area (TPSA) is 33.5 Å². The summed E-state index contributed by atoms with van der Waals surface area (Å²) in [5, 5.41) is 4.73. The Morgan fingerprint density at radius 1 is 1.12 bits per heavy atom. The summed E-state index contributed by atoms with van der Waals surface area (Å²) < 4.78 is 7.96. The van der Waals surface area contributed by atoms with Crippen LogP contribution in [0, 0.1) is 12.8 Å². The minimum absolute atomic E-state index is 0.563. The van der Waals surface area contributed by atoms with Crippen LogP contribution in [0.5, 0.6) is 0 Å². The summed E-state index contributed by atoms with van der Waals surface area (Å²) >= 11 is 0. The summed E-state index contributed by atoms with van der Waals surface area (Å²) in [6.07, 6.45) is 5.00. The van der Waals surface area contributed by atoms with E-state index in [9.17, 15) is 0 Å². The molecule has 1 aromatic carbocycles. The first-order chi connectivity index (χ1) is 12.8. The van der Waals surface area contributed by atoms with Gasteiger partial charge in [-0.15, -0.1) is 0 Å². The zero-order valence-corrected chi connectivity index (χ0v) is 15.6. The van der Waals surface area contributed by atoms with Gasteiger partial charge in [-0.25, -0.2) is 4.68 Å². The van der Waals surface area contributed by atoms with Crippen LogP contribution < -0.4 is 0 Å². The maximum absolute atomic E-state index is 5.95. The van der Waals surface area contributed by atoms with Gasteiger partial charge in [0.05, 0.1) is 24.6 Å². The van der Waals surface area contributed by atoms with Crippen molar-refractivity contribution in [2.45, 2.75) is 38.4 Å². The van der Waals surface area contributed by atoms with Gasteiger partial charge in [0, 0.05) is 50.0 Å². The van der Waals surface area contributed by atoms with E-state index in [1.54, 1.807) is 0 Å². The van der Waals surface area contributed by atoms with Crippen LogP contribution in [0.25, 0.3) is 5.69 Å². The molecule has 5 rings (SSSR count). The molecule has 1 aromatic heterocycles. The number of aryl methyl sites for hydroxylation is 1. The number of rotatable bonds is 4. The van der Waals surface area contributed by atoms with Gasteiger partial charge in [-0.05, 0) is 37.8 Å². The van der Waals surface area contributed by atoms with Crippen molar-refractivity contribution in [1.82, 2.24) is 19.6 Å². The number of aromatic nitrogens is 2. The molecule has 5 heteroatoms. The van der Waals surface area contributed by atoms with E-state index < -0.39 is 0 Å². The SMILES string of the molecule is Cc1nn(-c2ccccc2)cc1CN1CCN2[C@@H](COC[C@@H]2C2CC2)C1. The summed E-state index contributed by atoms with van der Waals surface area (Å²) in [5.74, 6) is 0.899. The third-order valence-corrected chi connectivity index (χ3v) is 6.22. The fourth-order valence-electron chi connectivity index (χ4n) is 4.58. The molecular weight excluding hydrogens is 324 g/mol. The van der Waals surface area contributed by atoms with Gasteiger partial charge in [0.2, 0.25) is 0 Å². The molecule has 1 aliphatic carbocycles. The molecule has 2 atom stereocenters. The van der Waals surface area contributed by atoms with E-state index >= 15 is 0 Å². The Hall–Kier alpha value is -1.69. The van der Waals surface area contributed by atoms with Crippen LogP contribution in [0.1, 0.15) is 24.1 Å². The van der Waals surface area contributed by atoms with E-state index in [0.717, 1.165) is 50.1 Å². The van der Waals surface area contributed by atoms with Gasteiger partial charge in [0.1, 0.15) is 0 Å². The second-order valence-electron chi connectivity index (χ2n) is 8.09. The summed E-state index contributed by atoms with van der Waals surface area (Å²) in [6, 6.07) is 11.6. The first-order valence-corrected chi connectivity index (χ1v) is 9.94. The van der Waals surface area contributed by atoms with Crippen molar-refractivity contribution in [1.29, 1.82) is 0 Å². The molecule has 1 saturated carbocycles. The zero-order valence-electron chi connectivity index (χ0n) is 15.6. The van der Waals surface area contributed by atoms with Crippen LogP contribution in [0.2, 0.25) is 0 Å². The molecule has 138 valence electrons. The summed E-state index contributed by atoms with van der Waals surface area (Å²) in [7, 11) is 0. The van der Waals surface area contributed by atoms with E-state index in [-0.39, 0.29) is 0 Å². The van der Waals surface area contributed by atoms with Crippen molar-refractivity contribution in [3.63, 3.8) is 0 Å². The van der Waals surface area contributed by atoms with Crippen LogP contribution >= 0.6 is 0 Å². The zero-order chi connectivity index (χ0) is 17.5. The third-order valence-electron chi connectivity index (χ3n) is 6.22. The first-order valence-electron chi connectivity index (χ1n) is 9.94. The maximum atomic E-state index is 5.95. The fourth-order valence-corrected chi connectivity index (χ4v) is 4.58. The summed E-state index contributed by atoms with van der Waals surface area (Å²) in [5.41, 5.74) is 3.59. The number of hydrogen-bond acceptors (Lipinski definition) is 4. The lowest BCUT2D eigenvalue weighted by Crippen LogP contribution is -2.62. The lowest BCUT2D eigenvalue weighted by molar-refractivity contribution is -0.0880. The number of fused-ring (bicyclic) bond motifs is 1. The number of ether oxygens (including phenoxy) is 1. The summed E-state index contributed by atoms with van der Waals surface area (Å²) in [6.45, 7) is 8.39. The van der Waals surface area contributed by atoms with Crippen LogP contribution in [0.4, 0.5) is 0 Å². The van der Waals surface area contributed by atoms with Crippen molar-refractivity contribution in [3.8, 4) is 5.69 Å². The Bertz CT molecular complexity index is 755. The fraction of sp³-hybridized carbons (Fsp3) is 0.571. The lowest BCUT2D eigenvalue weighted by Gasteiger charge is -2.48. The average Bonchev–Trinajstić information content (AvgIpc) is 3.46. The van der Waals surface area contributed by atoms with E-state index in [4.69, 9.17) is 9.84 Å². The Morgan fingerprint density at radius 3 is 2.77 bits per heavy atom. The molecule has 0 unspecified atom stereocenters. The molecule has 0 radical (unpaired) electrons. The minimum atomic E-state index is 0.563. The second kappa shape index (κ2) is 6.80. The van der Waals surface area contributed by atoms with Gasteiger partial charge in [0.15, 0.2) is 0 Å². The highest BCUT2D eigenvalue weighted by Crippen LogP contribution is 2.38. The monoisotopic (exact) mass is 352 g/mol. The largest absolute Gasteiger partial charge is 0.378 e. The van der Waals surface area contributed by atoms with Gasteiger partial charge in [-0.3, -0.25) is 9.80 Å². The molecule has 0 N–H and O–H groups in total. The average molecular weight is 352 g/mol. The molecule has 5 nitrogen and oxygen atoms in total. The molecule has 3 heterocycles. The van der Waals surface area contributed by atoms with Crippen LogP contribution in [-0.2, 0) is 11.3 Å². The number of hydrogen-bond donors (Lipinski definition) is 0. The minimum Gasteiger partial charge on any atom is -0.378 e. The van der Waals surface area contributed by atoms with Crippen molar-refractivity contribution in [2.24, 2.45) is 5.92 Å². The first kappa shape index (κ1) is 16.5. The molecule has 26 heavy (non-hydrogen) atoms. The highest BCUT2D eigenvalue weighted by Gasteiger charge is 2.42. The number of benzene rings is 1. The van der Waals surface area contributed by atoms with E-state index in [1.807, 2.05) is 10.7 Å². The number of morpholine rings is 1. The quantitative estimate of drug-likeness (QED) is 0.846. The van der Waals surface area contributed by atoms with Crippen LogP contribution in [0.3, 0.4) is 0 Å². The third kappa shape index (κ3) is 3.20. The normalized spacial score (nSPS) is 27.4. The van der Waals surface area contributed by atoms with Gasteiger partial charge >= 0.3 is 0 Å². The van der Waals surface area contributed by atoms with Crippen molar-refractivity contribution in [3.05, 3.63) is 47.8 Å². The van der Waals surface area contributed by atoms with Crippen molar-refractivity contribution in [2.75, 3.05) is 32.8 Å². The smallest absolute Gasteiger partial charge is 0.0645 e. The van der Waals surface area contributed by atoms with Gasteiger partial charge in [-0.2, -0.15) is 5.10 Å². The molecule has 2 aliphatic heterocycles. The Labute approximate surface area is 155 Å². The second-order valence-corrected chi connectivity index (χ2v) is 8.09. The van der Waals surface area contributed by atoms with Crippen molar-refractivity contribution < 1.29 is 4.74 Å². The number of nitrogens with zero attached hydrogens (tertiary/aromatic N) is 4. The molecule has 0 spiro atoms. The molecule has 0 amide bonds. The van der Waals surface area contributed by atoms with Crippen molar-refractivity contribution >= 4 is 0 Å². The molecular formula is C21H28N4O. The highest BCUT2D eigenvalue weighted by molar-refractivity contribution is 5.32. The maximum Gasteiger partial charge on any atom is 0.0645 e. The predicted molar refractivity (Wildman–Crippen MR) is 101 cm³/mol. The molecule has 2 aromatic rings. The highest BCUT2D eigenvalue weighted by atomic mass is 16.5. The standard InChI is InChI=1S/C21H28N4O/c1-16-18(12-25(22-16)19-5-3-2-4-6-19)11-23-9-10-24-20(13-23)14-26-15-21(24)17-7-8-17/h2-6,12,17,20-21H,7-11,13-15H2,1H3/t20-,21-/m1/s1. The Morgan fingerprint density at radius 2 is 1.96 bits per heavy atom. The van der Waals surface area contributed by atoms with E-state index in [1.165, 1.54) is 24.9 Å². The lowest BCUT2D eigenvalue weighted by atomic mass is 10.0. The van der Waals surface area contributed by atoms with Gasteiger partial charge in [0.25, 0.3) is 0 Å². The number of para-hydroxylation sites is 1.